The van der Waals surface area contributed by atoms with Crippen molar-refractivity contribution in [1.82, 2.24) is 9.29 Å². The summed E-state index contributed by atoms with van der Waals surface area (Å²) in [5.74, 6) is 0.145. The Hall–Kier alpha value is -1.90. The fraction of sp³-hybridized carbons (Fsp3) is 0.478. The van der Waals surface area contributed by atoms with Crippen LogP contribution in [0.5, 0.6) is 0 Å². The fourth-order valence-corrected chi connectivity index (χ4v) is 7.14. The van der Waals surface area contributed by atoms with Crippen molar-refractivity contribution in [3.63, 3.8) is 0 Å². The van der Waals surface area contributed by atoms with Crippen molar-refractivity contribution in [3.05, 3.63) is 48.2 Å². The summed E-state index contributed by atoms with van der Waals surface area (Å²) in [5, 5.41) is 4.16. The van der Waals surface area contributed by atoms with Gasteiger partial charge in [0.05, 0.1) is 10.5 Å². The van der Waals surface area contributed by atoms with Gasteiger partial charge < -0.3 is 5.32 Å². The summed E-state index contributed by atoms with van der Waals surface area (Å²) in [4.78, 5) is 17.6. The van der Waals surface area contributed by atoms with Crippen LogP contribution in [0.15, 0.2) is 52.5 Å². The maximum atomic E-state index is 12.9. The molecule has 1 aromatic heterocycles. The van der Waals surface area contributed by atoms with Crippen molar-refractivity contribution in [2.24, 2.45) is 5.92 Å². The van der Waals surface area contributed by atoms with Gasteiger partial charge in [0.2, 0.25) is 10.0 Å². The first-order valence-electron chi connectivity index (χ1n) is 11.0. The Morgan fingerprint density at radius 2 is 1.84 bits per heavy atom. The van der Waals surface area contributed by atoms with Gasteiger partial charge in [-0.05, 0) is 68.0 Å². The molecule has 1 amide bonds. The lowest BCUT2D eigenvalue weighted by molar-refractivity contribution is 0.102. The molecule has 0 spiro atoms. The highest BCUT2D eigenvalue weighted by Gasteiger charge is 2.28. The van der Waals surface area contributed by atoms with Gasteiger partial charge in [-0.3, -0.25) is 4.79 Å². The number of hydrogen-bond acceptors (Lipinski definition) is 5. The molecule has 2 fully saturated rings. The molecular weight excluding hydrogens is 430 g/mol. The largest absolute Gasteiger partial charge is 0.322 e. The van der Waals surface area contributed by atoms with Crippen LogP contribution in [0.2, 0.25) is 0 Å². The summed E-state index contributed by atoms with van der Waals surface area (Å²) < 4.78 is 27.4. The van der Waals surface area contributed by atoms with Crippen LogP contribution >= 0.6 is 11.8 Å². The van der Waals surface area contributed by atoms with Gasteiger partial charge in [-0.2, -0.15) is 4.31 Å². The molecule has 2 aromatic rings. The van der Waals surface area contributed by atoms with Crippen LogP contribution in [0.25, 0.3) is 0 Å². The second-order valence-electron chi connectivity index (χ2n) is 8.47. The van der Waals surface area contributed by atoms with Crippen molar-refractivity contribution in [3.8, 4) is 0 Å². The summed E-state index contributed by atoms with van der Waals surface area (Å²) in [6, 6.07) is 10.00. The Bertz CT molecular complexity index is 1020. The minimum atomic E-state index is -3.51. The van der Waals surface area contributed by atoms with Crippen molar-refractivity contribution >= 4 is 33.4 Å². The van der Waals surface area contributed by atoms with Gasteiger partial charge in [0.1, 0.15) is 5.03 Å². The molecule has 1 aliphatic heterocycles. The molecule has 166 valence electrons. The van der Waals surface area contributed by atoms with Crippen LogP contribution in [-0.2, 0) is 10.0 Å². The highest BCUT2D eigenvalue weighted by Crippen LogP contribution is 2.35. The lowest BCUT2D eigenvalue weighted by Gasteiger charge is -2.30. The van der Waals surface area contributed by atoms with Crippen molar-refractivity contribution in [2.45, 2.75) is 60.6 Å². The van der Waals surface area contributed by atoms with Crippen LogP contribution < -0.4 is 5.32 Å². The summed E-state index contributed by atoms with van der Waals surface area (Å²) in [6.45, 7) is 3.20. The Morgan fingerprint density at radius 1 is 1.10 bits per heavy atom. The third kappa shape index (κ3) is 5.30. The molecule has 31 heavy (non-hydrogen) atoms. The van der Waals surface area contributed by atoms with E-state index in [0.717, 1.165) is 30.7 Å². The number of hydrogen-bond donors (Lipinski definition) is 1. The number of nitrogens with zero attached hydrogens (tertiary/aromatic N) is 2. The number of carbonyl (C=O) groups excluding carboxylic acids is 1. The number of rotatable bonds is 6. The van der Waals surface area contributed by atoms with E-state index < -0.39 is 10.0 Å². The molecule has 0 radical (unpaired) electrons. The van der Waals surface area contributed by atoms with Gasteiger partial charge in [0, 0.05) is 30.2 Å². The number of amides is 1. The predicted octanol–water partition coefficient (Wildman–Crippen LogP) is 4.79. The number of thioether (sulfide) groups is 1. The molecule has 1 N–H and O–H groups in total. The molecule has 1 unspecified atom stereocenters. The molecule has 2 aliphatic rings. The van der Waals surface area contributed by atoms with E-state index in [2.05, 4.69) is 17.2 Å². The smallest absolute Gasteiger partial charge is 0.258 e. The molecule has 1 aromatic carbocycles. The van der Waals surface area contributed by atoms with Crippen LogP contribution in [0.3, 0.4) is 0 Å². The normalized spacial score (nSPS) is 20.6. The van der Waals surface area contributed by atoms with Gasteiger partial charge in [-0.1, -0.05) is 19.8 Å². The highest BCUT2D eigenvalue weighted by atomic mass is 32.2. The molecule has 2 heterocycles. The maximum absolute atomic E-state index is 12.9. The number of piperidine rings is 1. The number of sulfonamides is 1. The molecule has 4 rings (SSSR count). The molecule has 1 saturated carbocycles. The van der Waals surface area contributed by atoms with Crippen molar-refractivity contribution in [2.75, 3.05) is 18.4 Å². The third-order valence-corrected chi connectivity index (χ3v) is 9.20. The molecule has 1 saturated heterocycles. The summed E-state index contributed by atoms with van der Waals surface area (Å²) >= 11 is 1.68. The first-order chi connectivity index (χ1) is 14.9. The maximum Gasteiger partial charge on any atom is 0.258 e. The van der Waals surface area contributed by atoms with E-state index in [1.807, 2.05) is 0 Å². The lowest BCUT2D eigenvalue weighted by Crippen LogP contribution is -2.39. The van der Waals surface area contributed by atoms with E-state index in [9.17, 15) is 13.2 Å². The number of anilines is 1. The second-order valence-corrected chi connectivity index (χ2v) is 11.7. The Balaban J connectivity index is 1.45. The molecule has 1 atom stereocenters. The standard InChI is InChI=1S/C23H29N3O3S2/c1-17-6-5-15-26(16-17)31(28,29)20-12-10-18(11-13-20)25-22(27)21-9-4-14-24-23(21)30-19-7-2-3-8-19/h4,9-14,17,19H,2-3,5-8,15-16H2,1H3,(H,25,27). The average Bonchev–Trinajstić information content (AvgIpc) is 3.27. The van der Waals surface area contributed by atoms with Crippen molar-refractivity contribution < 1.29 is 13.2 Å². The van der Waals surface area contributed by atoms with Gasteiger partial charge in [-0.15, -0.1) is 11.8 Å². The molecule has 8 heteroatoms. The van der Waals surface area contributed by atoms with Gasteiger partial charge in [-0.25, -0.2) is 13.4 Å². The van der Waals surface area contributed by atoms with Crippen LogP contribution in [0, 0.1) is 5.92 Å². The third-order valence-electron chi connectivity index (χ3n) is 5.97. The number of nitrogens with one attached hydrogen (secondary N) is 1. The van der Waals surface area contributed by atoms with E-state index in [0.29, 0.717) is 35.5 Å². The van der Waals surface area contributed by atoms with Crippen LogP contribution in [0.4, 0.5) is 5.69 Å². The number of aromatic nitrogens is 1. The van der Waals surface area contributed by atoms with Crippen molar-refractivity contribution in [1.29, 1.82) is 0 Å². The quantitative estimate of drug-likeness (QED) is 0.672. The van der Waals surface area contributed by atoms with E-state index in [1.54, 1.807) is 58.7 Å². The van der Waals surface area contributed by atoms with E-state index in [-0.39, 0.29) is 10.8 Å². The predicted molar refractivity (Wildman–Crippen MR) is 124 cm³/mol. The van der Waals surface area contributed by atoms with E-state index in [4.69, 9.17) is 0 Å². The fourth-order valence-electron chi connectivity index (χ4n) is 4.24. The Kier molecular flexibility index (Phi) is 6.99. The monoisotopic (exact) mass is 459 g/mol. The highest BCUT2D eigenvalue weighted by molar-refractivity contribution is 8.00. The summed E-state index contributed by atoms with van der Waals surface area (Å²) in [7, 11) is -3.51. The Morgan fingerprint density at radius 3 is 2.55 bits per heavy atom. The molecular formula is C23H29N3O3S2. The second kappa shape index (κ2) is 9.71. The zero-order valence-corrected chi connectivity index (χ0v) is 19.4. The lowest BCUT2D eigenvalue weighted by atomic mass is 10.0. The van der Waals surface area contributed by atoms with Gasteiger partial charge in [0.15, 0.2) is 0 Å². The van der Waals surface area contributed by atoms with Crippen LogP contribution in [-0.4, -0.2) is 42.0 Å². The first kappa shape index (κ1) is 22.3. The SMILES string of the molecule is CC1CCCN(S(=O)(=O)c2ccc(NC(=O)c3cccnc3SC3CCCC3)cc2)C1. The molecule has 0 bridgehead atoms. The summed E-state index contributed by atoms with van der Waals surface area (Å²) in [6.07, 6.45) is 8.46. The number of benzene rings is 1. The summed E-state index contributed by atoms with van der Waals surface area (Å²) in [5.41, 5.74) is 1.12. The average molecular weight is 460 g/mol. The molecule has 1 aliphatic carbocycles. The van der Waals surface area contributed by atoms with E-state index >= 15 is 0 Å². The molecule has 6 nitrogen and oxygen atoms in total. The zero-order valence-electron chi connectivity index (χ0n) is 17.8. The zero-order chi connectivity index (χ0) is 21.8. The minimum Gasteiger partial charge on any atom is -0.322 e. The van der Waals surface area contributed by atoms with E-state index in [1.165, 1.54) is 12.8 Å². The van der Waals surface area contributed by atoms with Gasteiger partial charge >= 0.3 is 0 Å². The first-order valence-corrected chi connectivity index (χ1v) is 13.3. The topological polar surface area (TPSA) is 79.4 Å². The number of carbonyl (C=O) groups is 1. The number of pyridine rings is 1. The Labute approximate surface area is 188 Å². The minimum absolute atomic E-state index is 0.228. The van der Waals surface area contributed by atoms with Gasteiger partial charge in [0.25, 0.3) is 5.91 Å². The van der Waals surface area contributed by atoms with Crippen LogP contribution in [0.1, 0.15) is 55.8 Å².